The maximum Gasteiger partial charge on any atom is 0.417 e. The molecule has 0 atom stereocenters. The highest BCUT2D eigenvalue weighted by Gasteiger charge is 2.38. The normalized spacial score (nSPS) is 11.0. The fourth-order valence-electron chi connectivity index (χ4n) is 1.47. The Morgan fingerprint density at radius 2 is 2.06 bits per heavy atom. The highest BCUT2D eigenvalue weighted by atomic mass is 19.4. The molecule has 90 valence electrons. The van der Waals surface area contributed by atoms with Gasteiger partial charge in [0.05, 0.1) is 22.8 Å². The van der Waals surface area contributed by atoms with E-state index in [0.29, 0.717) is 0 Å². The number of halogens is 3. The predicted molar refractivity (Wildman–Crippen MR) is 51.0 cm³/mol. The molecular formula is C10H7F3N2O2. The molecule has 0 fully saturated rings. The molecule has 0 aliphatic carbocycles. The molecule has 0 saturated carbocycles. The fourth-order valence-corrected chi connectivity index (χ4v) is 1.47. The van der Waals surface area contributed by atoms with E-state index in [-0.39, 0.29) is 5.56 Å². The molecular weight excluding hydrogens is 237 g/mol. The number of hydrogen-bond donors (Lipinski definition) is 2. The zero-order valence-electron chi connectivity index (χ0n) is 8.38. The largest absolute Gasteiger partial charge is 0.478 e. The third kappa shape index (κ3) is 2.37. The van der Waals surface area contributed by atoms with E-state index < -0.39 is 35.4 Å². The molecule has 0 aliphatic heterocycles. The second kappa shape index (κ2) is 4.43. The molecule has 1 aromatic carbocycles. The molecule has 0 saturated heterocycles. The van der Waals surface area contributed by atoms with Crippen molar-refractivity contribution < 1.29 is 23.1 Å². The zero-order valence-corrected chi connectivity index (χ0v) is 8.38. The summed E-state index contributed by atoms with van der Waals surface area (Å²) in [5, 5.41) is 17.3. The second-order valence-electron chi connectivity index (χ2n) is 3.13. The Morgan fingerprint density at radius 1 is 1.47 bits per heavy atom. The summed E-state index contributed by atoms with van der Waals surface area (Å²) >= 11 is 0. The van der Waals surface area contributed by atoms with Gasteiger partial charge in [0.15, 0.2) is 0 Å². The summed E-state index contributed by atoms with van der Waals surface area (Å²) in [4.78, 5) is 10.7. The maximum absolute atomic E-state index is 12.7. The van der Waals surface area contributed by atoms with Gasteiger partial charge in [0.1, 0.15) is 0 Å². The number of alkyl halides is 3. The van der Waals surface area contributed by atoms with Crippen molar-refractivity contribution in [3.05, 3.63) is 34.4 Å². The molecule has 0 spiro atoms. The number of carbonyl (C=O) groups is 1. The lowest BCUT2D eigenvalue weighted by atomic mass is 9.96. The minimum Gasteiger partial charge on any atom is -0.478 e. The lowest BCUT2D eigenvalue weighted by Crippen LogP contribution is -2.19. The first-order valence-corrected chi connectivity index (χ1v) is 4.39. The van der Waals surface area contributed by atoms with Crippen molar-refractivity contribution in [1.82, 2.24) is 0 Å². The standard InChI is InChI=1S/C10H7F3N2O2/c11-10(12,13)8-6(9(16)17)2-1-5(3-14)7(8)4-15/h1-2H,4,15H2,(H,16,17). The van der Waals surface area contributed by atoms with E-state index in [2.05, 4.69) is 0 Å². The number of aromatic carboxylic acids is 1. The molecule has 0 unspecified atom stereocenters. The van der Waals surface area contributed by atoms with Crippen LogP contribution in [0.5, 0.6) is 0 Å². The molecule has 0 aliphatic rings. The smallest absolute Gasteiger partial charge is 0.417 e. The van der Waals surface area contributed by atoms with Crippen molar-refractivity contribution in [3.8, 4) is 6.07 Å². The SMILES string of the molecule is N#Cc1ccc(C(=O)O)c(C(F)(F)F)c1CN. The van der Waals surface area contributed by atoms with Crippen molar-refractivity contribution in [2.75, 3.05) is 0 Å². The third-order valence-electron chi connectivity index (χ3n) is 2.15. The van der Waals surface area contributed by atoms with Crippen LogP contribution in [0.15, 0.2) is 12.1 Å². The number of rotatable bonds is 2. The third-order valence-corrected chi connectivity index (χ3v) is 2.15. The van der Waals surface area contributed by atoms with Crippen molar-refractivity contribution in [1.29, 1.82) is 5.26 Å². The van der Waals surface area contributed by atoms with Gasteiger partial charge in [-0.15, -0.1) is 0 Å². The first-order chi connectivity index (χ1) is 7.82. The zero-order chi connectivity index (χ0) is 13.2. The Kier molecular flexibility index (Phi) is 3.39. The van der Waals surface area contributed by atoms with Crippen molar-refractivity contribution in [2.45, 2.75) is 12.7 Å². The summed E-state index contributed by atoms with van der Waals surface area (Å²) in [5.41, 5.74) is 2.11. The molecule has 0 aromatic heterocycles. The summed E-state index contributed by atoms with van der Waals surface area (Å²) in [7, 11) is 0. The summed E-state index contributed by atoms with van der Waals surface area (Å²) in [6.45, 7) is -0.557. The second-order valence-corrected chi connectivity index (χ2v) is 3.13. The van der Waals surface area contributed by atoms with E-state index in [9.17, 15) is 18.0 Å². The molecule has 0 amide bonds. The Morgan fingerprint density at radius 3 is 2.41 bits per heavy atom. The van der Waals surface area contributed by atoms with Crippen LogP contribution in [0.1, 0.15) is 27.0 Å². The number of nitrogens with zero attached hydrogens (tertiary/aromatic N) is 1. The van der Waals surface area contributed by atoms with E-state index in [1.54, 1.807) is 6.07 Å². The molecule has 4 nitrogen and oxygen atoms in total. The van der Waals surface area contributed by atoms with E-state index in [1.165, 1.54) is 0 Å². The van der Waals surface area contributed by atoms with Crippen LogP contribution in [-0.4, -0.2) is 11.1 Å². The first-order valence-electron chi connectivity index (χ1n) is 4.39. The van der Waals surface area contributed by atoms with Crippen molar-refractivity contribution >= 4 is 5.97 Å². The van der Waals surface area contributed by atoms with E-state index in [0.717, 1.165) is 12.1 Å². The highest BCUT2D eigenvalue weighted by Crippen LogP contribution is 2.36. The minimum atomic E-state index is -4.87. The molecule has 1 aromatic rings. The van der Waals surface area contributed by atoms with Crippen LogP contribution in [0, 0.1) is 11.3 Å². The molecule has 0 radical (unpaired) electrons. The monoisotopic (exact) mass is 244 g/mol. The van der Waals surface area contributed by atoms with Crippen molar-refractivity contribution in [3.63, 3.8) is 0 Å². The minimum absolute atomic E-state index is 0.273. The van der Waals surface area contributed by atoms with Crippen LogP contribution in [0.25, 0.3) is 0 Å². The van der Waals surface area contributed by atoms with Gasteiger partial charge < -0.3 is 10.8 Å². The average molecular weight is 244 g/mol. The quantitative estimate of drug-likeness (QED) is 0.829. The van der Waals surface area contributed by atoms with Crippen LogP contribution >= 0.6 is 0 Å². The summed E-state index contributed by atoms with van der Waals surface area (Å²) in [5.74, 6) is -1.71. The highest BCUT2D eigenvalue weighted by molar-refractivity contribution is 5.90. The lowest BCUT2D eigenvalue weighted by molar-refractivity contribution is -0.138. The van der Waals surface area contributed by atoms with E-state index in [1.807, 2.05) is 0 Å². The summed E-state index contributed by atoms with van der Waals surface area (Å²) < 4.78 is 38.2. The number of nitrogens with two attached hydrogens (primary N) is 1. The van der Waals surface area contributed by atoms with Gasteiger partial charge in [-0.25, -0.2) is 4.79 Å². The van der Waals surface area contributed by atoms with Crippen LogP contribution in [0.4, 0.5) is 13.2 Å². The van der Waals surface area contributed by atoms with Crippen LogP contribution < -0.4 is 5.73 Å². The summed E-state index contributed by atoms with van der Waals surface area (Å²) in [6, 6.07) is 3.32. The number of benzene rings is 1. The van der Waals surface area contributed by atoms with Crippen molar-refractivity contribution in [2.24, 2.45) is 5.73 Å². The van der Waals surface area contributed by atoms with Gasteiger partial charge in [-0.1, -0.05) is 0 Å². The van der Waals surface area contributed by atoms with Gasteiger partial charge in [0.25, 0.3) is 0 Å². The first kappa shape index (κ1) is 13.0. The maximum atomic E-state index is 12.7. The topological polar surface area (TPSA) is 87.1 Å². The Balaban J connectivity index is 3.70. The Labute approximate surface area is 94.1 Å². The molecule has 1 rings (SSSR count). The van der Waals surface area contributed by atoms with Gasteiger partial charge in [0, 0.05) is 6.54 Å². The molecule has 3 N–H and O–H groups in total. The Bertz CT molecular complexity index is 503. The lowest BCUT2D eigenvalue weighted by Gasteiger charge is -2.15. The van der Waals surface area contributed by atoms with Crippen LogP contribution in [0.3, 0.4) is 0 Å². The van der Waals surface area contributed by atoms with Gasteiger partial charge in [-0.05, 0) is 17.7 Å². The van der Waals surface area contributed by atoms with Crippen LogP contribution in [-0.2, 0) is 12.7 Å². The number of carboxylic acid groups (broad SMARTS) is 1. The molecule has 0 bridgehead atoms. The van der Waals surface area contributed by atoms with Gasteiger partial charge >= 0.3 is 12.1 Å². The molecule has 17 heavy (non-hydrogen) atoms. The van der Waals surface area contributed by atoms with Gasteiger partial charge in [-0.3, -0.25) is 0 Å². The molecule has 0 heterocycles. The predicted octanol–water partition coefficient (Wildman–Crippen LogP) is 1.73. The van der Waals surface area contributed by atoms with E-state index in [4.69, 9.17) is 16.1 Å². The number of hydrogen-bond acceptors (Lipinski definition) is 3. The number of nitriles is 1. The molecule has 7 heteroatoms. The van der Waals surface area contributed by atoms with E-state index >= 15 is 0 Å². The Hall–Kier alpha value is -2.07. The average Bonchev–Trinajstić information content (AvgIpc) is 2.25. The number of carboxylic acids is 1. The van der Waals surface area contributed by atoms with Gasteiger partial charge in [-0.2, -0.15) is 18.4 Å². The summed E-state index contributed by atoms with van der Waals surface area (Å²) in [6.07, 6.45) is -4.87. The fraction of sp³-hybridized carbons (Fsp3) is 0.200. The van der Waals surface area contributed by atoms with Gasteiger partial charge in [0.2, 0.25) is 0 Å². The van der Waals surface area contributed by atoms with Crippen LogP contribution in [0.2, 0.25) is 0 Å².